The van der Waals surface area contributed by atoms with Gasteiger partial charge >= 0.3 is 0 Å². The van der Waals surface area contributed by atoms with E-state index in [0.29, 0.717) is 5.15 Å². The zero-order chi connectivity index (χ0) is 12.5. The highest BCUT2D eigenvalue weighted by molar-refractivity contribution is 9.10. The summed E-state index contributed by atoms with van der Waals surface area (Å²) in [4.78, 5) is 8.42. The third kappa shape index (κ3) is 2.26. The van der Waals surface area contributed by atoms with Gasteiger partial charge in [-0.3, -0.25) is 0 Å². The van der Waals surface area contributed by atoms with Crippen molar-refractivity contribution in [1.29, 1.82) is 0 Å². The molecule has 3 rings (SSSR count). The predicted octanol–water partition coefficient (Wildman–Crippen LogP) is 3.90. The SMILES string of the molecule is Clc1ccc(C2=CNc3ncc(Br)cc3C2)cn1. The fraction of sp³-hybridized carbons (Fsp3) is 0.0769. The van der Waals surface area contributed by atoms with Gasteiger partial charge in [0.25, 0.3) is 0 Å². The number of nitrogens with one attached hydrogen (secondary N) is 1. The third-order valence-electron chi connectivity index (χ3n) is 2.80. The number of halogens is 2. The van der Waals surface area contributed by atoms with E-state index in [1.807, 2.05) is 12.3 Å². The smallest absolute Gasteiger partial charge is 0.133 e. The molecule has 0 atom stereocenters. The quantitative estimate of drug-likeness (QED) is 0.809. The van der Waals surface area contributed by atoms with Crippen LogP contribution in [-0.2, 0) is 6.42 Å². The minimum atomic E-state index is 0.507. The van der Waals surface area contributed by atoms with Crippen molar-refractivity contribution in [3.05, 3.63) is 57.5 Å². The zero-order valence-corrected chi connectivity index (χ0v) is 11.7. The van der Waals surface area contributed by atoms with Crippen LogP contribution >= 0.6 is 27.5 Å². The van der Waals surface area contributed by atoms with Crippen LogP contribution in [0.1, 0.15) is 11.1 Å². The summed E-state index contributed by atoms with van der Waals surface area (Å²) in [5.41, 5.74) is 3.40. The van der Waals surface area contributed by atoms with Crippen LogP contribution in [0.5, 0.6) is 0 Å². The summed E-state index contributed by atoms with van der Waals surface area (Å²) in [6.07, 6.45) is 6.37. The number of rotatable bonds is 1. The zero-order valence-electron chi connectivity index (χ0n) is 9.32. The fourth-order valence-corrected chi connectivity index (χ4v) is 2.40. The Balaban J connectivity index is 1.93. The van der Waals surface area contributed by atoms with Crippen molar-refractivity contribution < 1.29 is 0 Å². The summed E-state index contributed by atoms with van der Waals surface area (Å²) < 4.78 is 0.985. The lowest BCUT2D eigenvalue weighted by Gasteiger charge is -2.17. The van der Waals surface area contributed by atoms with E-state index in [2.05, 4.69) is 37.3 Å². The van der Waals surface area contributed by atoms with Crippen LogP contribution < -0.4 is 5.32 Å². The number of hydrogen-bond acceptors (Lipinski definition) is 3. The largest absolute Gasteiger partial charge is 0.346 e. The highest BCUT2D eigenvalue weighted by atomic mass is 79.9. The Kier molecular flexibility index (Phi) is 3.06. The average molecular weight is 323 g/mol. The second kappa shape index (κ2) is 4.71. The van der Waals surface area contributed by atoms with Gasteiger partial charge in [0.05, 0.1) is 0 Å². The number of anilines is 1. The fourth-order valence-electron chi connectivity index (χ4n) is 1.91. The van der Waals surface area contributed by atoms with Gasteiger partial charge in [-0.1, -0.05) is 17.7 Å². The molecule has 2 aromatic heterocycles. The van der Waals surface area contributed by atoms with E-state index in [1.165, 1.54) is 5.57 Å². The molecule has 1 N–H and O–H groups in total. The molecule has 0 bridgehead atoms. The highest BCUT2D eigenvalue weighted by Gasteiger charge is 2.13. The number of hydrogen-bond donors (Lipinski definition) is 1. The van der Waals surface area contributed by atoms with Crippen molar-refractivity contribution in [3.8, 4) is 0 Å². The molecular formula is C13H9BrClN3. The maximum absolute atomic E-state index is 5.79. The van der Waals surface area contributed by atoms with Crippen LogP contribution in [0.25, 0.3) is 5.57 Å². The molecule has 0 saturated heterocycles. The summed E-state index contributed by atoms with van der Waals surface area (Å²) in [5, 5.41) is 3.71. The van der Waals surface area contributed by atoms with Crippen molar-refractivity contribution in [1.82, 2.24) is 9.97 Å². The van der Waals surface area contributed by atoms with Crippen molar-refractivity contribution in [2.45, 2.75) is 6.42 Å². The van der Waals surface area contributed by atoms with Gasteiger partial charge in [-0.25, -0.2) is 9.97 Å². The van der Waals surface area contributed by atoms with Crippen LogP contribution in [0, 0.1) is 0 Å². The second-order valence-electron chi connectivity index (χ2n) is 4.02. The number of allylic oxidation sites excluding steroid dienone is 1. The Labute approximate surface area is 118 Å². The van der Waals surface area contributed by atoms with E-state index < -0.39 is 0 Å². The molecule has 0 aromatic carbocycles. The molecule has 0 amide bonds. The first-order valence-corrected chi connectivity index (χ1v) is 6.61. The Morgan fingerprint density at radius 1 is 1.22 bits per heavy atom. The first kappa shape index (κ1) is 11.7. The van der Waals surface area contributed by atoms with Crippen molar-refractivity contribution >= 4 is 38.9 Å². The lowest BCUT2D eigenvalue weighted by Crippen LogP contribution is -2.07. The Morgan fingerprint density at radius 2 is 2.11 bits per heavy atom. The average Bonchev–Trinajstić information content (AvgIpc) is 2.38. The van der Waals surface area contributed by atoms with E-state index >= 15 is 0 Å². The first-order chi connectivity index (χ1) is 8.72. The van der Waals surface area contributed by atoms with Crippen LogP contribution in [0.2, 0.25) is 5.15 Å². The van der Waals surface area contributed by atoms with E-state index in [9.17, 15) is 0 Å². The van der Waals surface area contributed by atoms with Gasteiger partial charge in [0.1, 0.15) is 11.0 Å². The molecule has 0 spiro atoms. The van der Waals surface area contributed by atoms with Crippen LogP contribution in [0.3, 0.4) is 0 Å². The van der Waals surface area contributed by atoms with Crippen molar-refractivity contribution in [2.24, 2.45) is 0 Å². The molecule has 1 aliphatic rings. The van der Waals surface area contributed by atoms with Gasteiger partial charge in [-0.15, -0.1) is 0 Å². The molecule has 18 heavy (non-hydrogen) atoms. The minimum absolute atomic E-state index is 0.507. The van der Waals surface area contributed by atoms with E-state index in [1.54, 1.807) is 18.5 Å². The third-order valence-corrected chi connectivity index (χ3v) is 3.45. The first-order valence-electron chi connectivity index (χ1n) is 5.44. The molecule has 0 aliphatic carbocycles. The molecular weight excluding hydrogens is 314 g/mol. The lowest BCUT2D eigenvalue weighted by atomic mass is 9.98. The van der Waals surface area contributed by atoms with Crippen molar-refractivity contribution in [3.63, 3.8) is 0 Å². The Hall–Kier alpha value is -1.39. The molecule has 0 unspecified atom stereocenters. The van der Waals surface area contributed by atoms with Crippen molar-refractivity contribution in [2.75, 3.05) is 5.32 Å². The predicted molar refractivity (Wildman–Crippen MR) is 76.5 cm³/mol. The maximum Gasteiger partial charge on any atom is 0.133 e. The maximum atomic E-state index is 5.79. The summed E-state index contributed by atoms with van der Waals surface area (Å²) in [5.74, 6) is 0.906. The lowest BCUT2D eigenvalue weighted by molar-refractivity contribution is 1.15. The Morgan fingerprint density at radius 3 is 2.89 bits per heavy atom. The Bertz CT molecular complexity index is 623. The van der Waals surface area contributed by atoms with Crippen LogP contribution in [0.4, 0.5) is 5.82 Å². The number of fused-ring (bicyclic) bond motifs is 1. The van der Waals surface area contributed by atoms with Crippen LogP contribution in [-0.4, -0.2) is 9.97 Å². The summed E-state index contributed by atoms with van der Waals surface area (Å²) in [6.45, 7) is 0. The summed E-state index contributed by atoms with van der Waals surface area (Å²) in [6, 6.07) is 5.84. The van der Waals surface area contributed by atoms with Gasteiger partial charge < -0.3 is 5.32 Å². The molecule has 0 saturated carbocycles. The van der Waals surface area contributed by atoms with E-state index in [-0.39, 0.29) is 0 Å². The van der Waals surface area contributed by atoms with E-state index in [4.69, 9.17) is 11.6 Å². The molecule has 3 heterocycles. The van der Waals surface area contributed by atoms with Crippen LogP contribution in [0.15, 0.2) is 41.3 Å². The summed E-state index contributed by atoms with van der Waals surface area (Å²) in [7, 11) is 0. The number of aromatic nitrogens is 2. The molecule has 0 radical (unpaired) electrons. The molecule has 3 nitrogen and oxygen atoms in total. The topological polar surface area (TPSA) is 37.8 Å². The molecule has 2 aromatic rings. The monoisotopic (exact) mass is 321 g/mol. The van der Waals surface area contributed by atoms with Gasteiger partial charge in [0.2, 0.25) is 0 Å². The number of nitrogens with zero attached hydrogens (tertiary/aromatic N) is 2. The molecule has 1 aliphatic heterocycles. The van der Waals surface area contributed by atoms with Gasteiger partial charge in [-0.05, 0) is 39.2 Å². The number of pyridine rings is 2. The van der Waals surface area contributed by atoms with Gasteiger partial charge in [0.15, 0.2) is 0 Å². The highest BCUT2D eigenvalue weighted by Crippen LogP contribution is 2.29. The standard InChI is InChI=1S/C13H9BrClN3/c14-11-4-9-3-10(6-17-13(9)18-7-11)8-1-2-12(15)16-5-8/h1-2,4-7H,3H2,(H,17,18). The summed E-state index contributed by atoms with van der Waals surface area (Å²) >= 11 is 9.23. The molecule has 0 fully saturated rings. The normalized spacial score (nSPS) is 13.6. The van der Waals surface area contributed by atoms with Gasteiger partial charge in [0, 0.05) is 35.1 Å². The van der Waals surface area contributed by atoms with Gasteiger partial charge in [-0.2, -0.15) is 0 Å². The second-order valence-corrected chi connectivity index (χ2v) is 5.32. The minimum Gasteiger partial charge on any atom is -0.346 e. The van der Waals surface area contributed by atoms with E-state index in [0.717, 1.165) is 27.8 Å². The molecule has 90 valence electrons. The molecule has 5 heteroatoms.